The minimum absolute atomic E-state index is 0. The number of hydrogen-bond acceptors (Lipinski definition) is 6. The molecule has 4 aromatic carbocycles. The molecule has 0 aliphatic carbocycles. The summed E-state index contributed by atoms with van der Waals surface area (Å²) < 4.78 is 4.74. The molecule has 44 heavy (non-hydrogen) atoms. The Morgan fingerprint density at radius 2 is 1.07 bits per heavy atom. The number of hydroxylamine groups is 2. The van der Waals surface area contributed by atoms with E-state index >= 15 is 0 Å². The third kappa shape index (κ3) is 5.97. The average molecular weight is 588 g/mol. The lowest BCUT2D eigenvalue weighted by Gasteiger charge is -2.22. The average Bonchev–Trinajstić information content (AvgIpc) is 3.02. The molecule has 0 unspecified atom stereocenters. The van der Waals surface area contributed by atoms with Crippen LogP contribution in [0.4, 0.5) is 0 Å². The summed E-state index contributed by atoms with van der Waals surface area (Å²) in [5.41, 5.74) is 3.15. The highest BCUT2D eigenvalue weighted by Crippen LogP contribution is 2.32. The Balaban J connectivity index is 0.000000197. The molecule has 0 aromatic heterocycles. The smallest absolute Gasteiger partial charge is 0.346 e. The number of nitrogens with zero attached hydrogens (tertiary/aromatic N) is 1. The lowest BCUT2D eigenvalue weighted by molar-refractivity contribution is -0.0377. The maximum absolute atomic E-state index is 12.0. The highest BCUT2D eigenvalue weighted by Gasteiger charge is 2.32. The van der Waals surface area contributed by atoms with Crippen molar-refractivity contribution in [3.8, 4) is 23.7 Å². The van der Waals surface area contributed by atoms with Crippen molar-refractivity contribution in [2.45, 2.75) is 59.8 Å². The Morgan fingerprint density at radius 3 is 1.59 bits per heavy atom. The maximum Gasteiger partial charge on any atom is 0.346 e. The van der Waals surface area contributed by atoms with Gasteiger partial charge in [-0.1, -0.05) is 82.1 Å². The van der Waals surface area contributed by atoms with Crippen molar-refractivity contribution in [1.82, 2.24) is 5.06 Å². The maximum atomic E-state index is 12.0. The first kappa shape index (κ1) is 31.7. The van der Waals surface area contributed by atoms with Crippen molar-refractivity contribution in [1.29, 1.82) is 0 Å². The van der Waals surface area contributed by atoms with Crippen LogP contribution in [0.3, 0.4) is 0 Å². The number of hydrogen-bond donors (Lipinski definition) is 1. The van der Waals surface area contributed by atoms with Crippen LogP contribution in [0.2, 0.25) is 0 Å². The van der Waals surface area contributed by atoms with E-state index in [0.29, 0.717) is 33.0 Å². The fourth-order valence-corrected chi connectivity index (χ4v) is 5.09. The lowest BCUT2D eigenvalue weighted by Crippen LogP contribution is -2.37. The lowest BCUT2D eigenvalue weighted by atomic mass is 9.92. The first-order chi connectivity index (χ1) is 20.9. The van der Waals surface area contributed by atoms with Crippen molar-refractivity contribution in [3.63, 3.8) is 0 Å². The summed E-state index contributed by atoms with van der Waals surface area (Å²) >= 11 is 0. The minimum Gasteiger partial charge on any atom is -0.386 e. The fourth-order valence-electron chi connectivity index (χ4n) is 5.09. The molecule has 2 aliphatic rings. The van der Waals surface area contributed by atoms with Crippen LogP contribution in [0.5, 0.6) is 0 Å². The molecule has 0 bridgehead atoms. The van der Waals surface area contributed by atoms with Gasteiger partial charge >= 0.3 is 11.9 Å². The van der Waals surface area contributed by atoms with Crippen LogP contribution in [-0.2, 0) is 4.74 Å². The van der Waals surface area contributed by atoms with Crippen molar-refractivity contribution < 1.29 is 29.1 Å². The van der Waals surface area contributed by atoms with Crippen LogP contribution < -0.4 is 0 Å². The molecule has 7 nitrogen and oxygen atoms in total. The van der Waals surface area contributed by atoms with Gasteiger partial charge in [-0.3, -0.25) is 14.8 Å². The number of carbonyl (C=O) groups excluding carboxylic acids is 4. The van der Waals surface area contributed by atoms with Crippen LogP contribution >= 0.6 is 0 Å². The second-order valence-corrected chi connectivity index (χ2v) is 10.2. The SMILES string of the molecule is C.CCCCC#Cc1ccc2c3c(cccc13)C(=O)N(O)C2=O.CCCCC#Cc1ccc2c3c(cccc13)C(=O)OC2=O. The van der Waals surface area contributed by atoms with Gasteiger partial charge < -0.3 is 4.74 Å². The fraction of sp³-hybridized carbons (Fsp3) is 0.243. The molecule has 0 atom stereocenters. The Hall–Kier alpha value is -5.24. The molecule has 4 aromatic rings. The third-order valence-electron chi connectivity index (χ3n) is 7.31. The molecule has 2 heterocycles. The molecular weight excluding hydrogens is 554 g/mol. The van der Waals surface area contributed by atoms with E-state index in [9.17, 15) is 24.4 Å². The van der Waals surface area contributed by atoms with Crippen LogP contribution in [0.15, 0.2) is 60.7 Å². The number of cyclic esters (lactones) is 2. The topological polar surface area (TPSA) is 101 Å². The standard InChI is InChI=1S/C18H15NO3.C18H14O3.CH4/c1-2-3-4-5-7-12-10-11-15-16-13(12)8-6-9-14(16)17(20)19(22)18(15)21;1-2-3-4-5-7-12-10-11-15-16-13(12)8-6-9-14(16)17(19)21-18(15)20;/h6,8-11,22H,2-4H2,1H3;6,8-11H,2-4H2,1H3;1H4. The minimum atomic E-state index is -0.695. The summed E-state index contributed by atoms with van der Waals surface area (Å²) in [6, 6.07) is 17.4. The van der Waals surface area contributed by atoms with E-state index in [-0.39, 0.29) is 12.5 Å². The van der Waals surface area contributed by atoms with E-state index in [4.69, 9.17) is 4.74 Å². The molecule has 0 saturated heterocycles. The molecule has 2 aliphatic heterocycles. The van der Waals surface area contributed by atoms with Gasteiger partial charge in [0, 0.05) is 34.7 Å². The summed E-state index contributed by atoms with van der Waals surface area (Å²) in [6.45, 7) is 4.24. The zero-order chi connectivity index (χ0) is 30.5. The van der Waals surface area contributed by atoms with Gasteiger partial charge in [0.05, 0.1) is 22.3 Å². The first-order valence-electron chi connectivity index (χ1n) is 14.3. The summed E-state index contributed by atoms with van der Waals surface area (Å²) in [5.74, 6) is 9.95. The Morgan fingerprint density at radius 1 is 0.636 bits per heavy atom. The molecule has 0 saturated carbocycles. The molecule has 6 rings (SSSR count). The zero-order valence-corrected chi connectivity index (χ0v) is 24.0. The third-order valence-corrected chi connectivity index (χ3v) is 7.31. The van der Waals surface area contributed by atoms with Crippen molar-refractivity contribution in [3.05, 3.63) is 94.0 Å². The molecule has 7 heteroatoms. The van der Waals surface area contributed by atoms with E-state index in [1.54, 1.807) is 42.5 Å². The number of esters is 2. The number of rotatable bonds is 4. The Kier molecular flexibility index (Phi) is 9.95. The van der Waals surface area contributed by atoms with Gasteiger partial charge in [-0.25, -0.2) is 9.59 Å². The molecule has 0 spiro atoms. The molecule has 0 fully saturated rings. The predicted molar refractivity (Wildman–Crippen MR) is 169 cm³/mol. The van der Waals surface area contributed by atoms with E-state index in [0.717, 1.165) is 60.4 Å². The zero-order valence-electron chi connectivity index (χ0n) is 24.0. The van der Waals surface area contributed by atoms with Crippen LogP contribution in [0, 0.1) is 23.7 Å². The van der Waals surface area contributed by atoms with Crippen LogP contribution in [0.1, 0.15) is 112 Å². The number of benzene rings is 4. The number of unbranched alkanes of at least 4 members (excludes halogenated alkanes) is 4. The van der Waals surface area contributed by atoms with E-state index < -0.39 is 23.8 Å². The summed E-state index contributed by atoms with van der Waals surface area (Å²) in [6.07, 6.45) is 5.98. The molecule has 1 N–H and O–H groups in total. The highest BCUT2D eigenvalue weighted by atomic mass is 16.6. The normalized spacial score (nSPS) is 12.8. The van der Waals surface area contributed by atoms with Gasteiger partial charge in [-0.15, -0.1) is 5.06 Å². The van der Waals surface area contributed by atoms with Gasteiger partial charge in [0.15, 0.2) is 0 Å². The monoisotopic (exact) mass is 587 g/mol. The van der Waals surface area contributed by atoms with Crippen molar-refractivity contribution in [2.24, 2.45) is 0 Å². The van der Waals surface area contributed by atoms with Crippen LogP contribution in [-0.4, -0.2) is 34.0 Å². The van der Waals surface area contributed by atoms with Gasteiger partial charge in [0.2, 0.25) is 0 Å². The van der Waals surface area contributed by atoms with Crippen molar-refractivity contribution >= 4 is 45.3 Å². The van der Waals surface area contributed by atoms with Gasteiger partial charge in [-0.2, -0.15) is 0 Å². The number of ether oxygens (including phenoxy) is 1. The summed E-state index contributed by atoms with van der Waals surface area (Å²) in [5, 5.41) is 12.6. The Bertz CT molecular complexity index is 1890. The Labute approximate surface area is 256 Å². The van der Waals surface area contributed by atoms with E-state index in [1.807, 2.05) is 18.2 Å². The molecule has 2 amide bonds. The van der Waals surface area contributed by atoms with Crippen molar-refractivity contribution in [2.75, 3.05) is 0 Å². The predicted octanol–water partition coefficient (Wildman–Crippen LogP) is 7.69. The van der Waals surface area contributed by atoms with Gasteiger partial charge in [-0.05, 0) is 60.0 Å². The second-order valence-electron chi connectivity index (χ2n) is 10.2. The first-order valence-corrected chi connectivity index (χ1v) is 14.3. The highest BCUT2D eigenvalue weighted by molar-refractivity contribution is 6.25. The largest absolute Gasteiger partial charge is 0.386 e. The molecule has 222 valence electrons. The molecular formula is C37H33NO6. The quantitative estimate of drug-likeness (QED) is 0.0656. The van der Waals surface area contributed by atoms with E-state index in [2.05, 4.69) is 37.5 Å². The second kappa shape index (κ2) is 13.8. The van der Waals surface area contributed by atoms with Gasteiger partial charge in [0.25, 0.3) is 11.8 Å². The summed E-state index contributed by atoms with van der Waals surface area (Å²) in [4.78, 5) is 47.7. The number of imide groups is 1. The van der Waals surface area contributed by atoms with Gasteiger partial charge in [0.1, 0.15) is 0 Å². The molecule has 0 radical (unpaired) electrons. The van der Waals surface area contributed by atoms with Crippen LogP contribution in [0.25, 0.3) is 21.5 Å². The number of carbonyl (C=O) groups is 4. The number of amides is 2. The summed E-state index contributed by atoms with van der Waals surface area (Å²) in [7, 11) is 0. The van der Waals surface area contributed by atoms with E-state index in [1.165, 1.54) is 0 Å².